The van der Waals surface area contributed by atoms with Crippen molar-refractivity contribution < 1.29 is 19.1 Å². The van der Waals surface area contributed by atoms with Gasteiger partial charge < -0.3 is 9.47 Å². The van der Waals surface area contributed by atoms with Gasteiger partial charge in [0.05, 0.1) is 11.1 Å². The lowest BCUT2D eigenvalue weighted by atomic mass is 10.1. The van der Waals surface area contributed by atoms with Gasteiger partial charge in [-0.25, -0.2) is 0 Å². The van der Waals surface area contributed by atoms with Crippen LogP contribution in [0.4, 0.5) is 0 Å². The van der Waals surface area contributed by atoms with Gasteiger partial charge in [0.25, 0.3) is 10.5 Å². The van der Waals surface area contributed by atoms with E-state index < -0.39 is 10.5 Å². The Morgan fingerprint density at radius 1 is 0.950 bits per heavy atom. The second-order valence-electron chi connectivity index (χ2n) is 3.59. The van der Waals surface area contributed by atoms with E-state index in [9.17, 15) is 9.59 Å². The van der Waals surface area contributed by atoms with Crippen molar-refractivity contribution >= 4 is 33.7 Å². The summed E-state index contributed by atoms with van der Waals surface area (Å²) in [5.74, 6) is 0.278. The average molecular weight is 315 g/mol. The summed E-state index contributed by atoms with van der Waals surface area (Å²) < 4.78 is 10.6. The monoisotopic (exact) mass is 314 g/mol. The number of rotatable bonds is 8. The highest BCUT2D eigenvalue weighted by molar-refractivity contribution is 6.69. The van der Waals surface area contributed by atoms with Crippen LogP contribution in [-0.2, 0) is 0 Å². The minimum atomic E-state index is -0.735. The first kappa shape index (κ1) is 16.3. The van der Waals surface area contributed by atoms with E-state index in [1.54, 1.807) is 0 Å². The van der Waals surface area contributed by atoms with E-state index in [-0.39, 0.29) is 35.8 Å². The third-order valence-corrected chi connectivity index (χ3v) is 2.63. The van der Waals surface area contributed by atoms with Crippen molar-refractivity contribution in [2.75, 3.05) is 13.2 Å². The zero-order valence-electron chi connectivity index (χ0n) is 10.5. The first-order valence-electron chi connectivity index (χ1n) is 5.56. The lowest BCUT2D eigenvalue weighted by Crippen LogP contribution is -2.06. The smallest absolute Gasteiger partial charge is 0.256 e. The summed E-state index contributed by atoms with van der Waals surface area (Å²) in [6.45, 7) is 7.29. The Labute approximate surface area is 126 Å². The van der Waals surface area contributed by atoms with Crippen LogP contribution in [0.1, 0.15) is 20.7 Å². The Morgan fingerprint density at radius 2 is 1.30 bits per heavy atom. The van der Waals surface area contributed by atoms with E-state index >= 15 is 0 Å². The van der Waals surface area contributed by atoms with Gasteiger partial charge >= 0.3 is 0 Å². The largest absolute Gasteiger partial charge is 0.489 e. The van der Waals surface area contributed by atoms with E-state index in [2.05, 4.69) is 13.2 Å². The number of carbonyl (C=O) groups excluding carboxylic acids is 2. The van der Waals surface area contributed by atoms with Gasteiger partial charge in [-0.3, -0.25) is 9.59 Å². The molecule has 1 rings (SSSR count). The highest BCUT2D eigenvalue weighted by Gasteiger charge is 2.19. The summed E-state index contributed by atoms with van der Waals surface area (Å²) in [4.78, 5) is 22.8. The molecule has 0 amide bonds. The molecule has 20 heavy (non-hydrogen) atoms. The van der Waals surface area contributed by atoms with Crippen LogP contribution in [0, 0.1) is 0 Å². The van der Waals surface area contributed by atoms with Gasteiger partial charge in [0.1, 0.15) is 24.7 Å². The Bertz CT molecular complexity index is 503. The summed E-state index contributed by atoms with van der Waals surface area (Å²) >= 11 is 11.0. The molecule has 0 bridgehead atoms. The van der Waals surface area contributed by atoms with E-state index in [1.807, 2.05) is 0 Å². The fourth-order valence-electron chi connectivity index (χ4n) is 1.40. The molecular weight excluding hydrogens is 303 g/mol. The first-order valence-corrected chi connectivity index (χ1v) is 6.32. The van der Waals surface area contributed by atoms with Crippen LogP contribution < -0.4 is 9.47 Å². The van der Waals surface area contributed by atoms with Crippen LogP contribution in [0.25, 0.3) is 0 Å². The van der Waals surface area contributed by atoms with Crippen LogP contribution in [0.2, 0.25) is 0 Å². The quantitative estimate of drug-likeness (QED) is 0.543. The van der Waals surface area contributed by atoms with Gasteiger partial charge in [0, 0.05) is 0 Å². The summed E-state index contributed by atoms with van der Waals surface area (Å²) in [7, 11) is 0. The summed E-state index contributed by atoms with van der Waals surface area (Å²) in [6.07, 6.45) is 2.99. The standard InChI is InChI=1S/C14H12Cl2O4/c1-3-5-19-11-7-10(14(16)18)12(20-6-4-2)8-9(11)13(15)17/h3-4,7-8H,1-2,5-6H2. The maximum Gasteiger partial charge on any atom is 0.256 e. The average Bonchev–Trinajstić information content (AvgIpc) is 2.42. The van der Waals surface area contributed by atoms with E-state index in [0.717, 1.165) is 0 Å². The molecule has 1 aromatic rings. The van der Waals surface area contributed by atoms with Crippen molar-refractivity contribution in [1.82, 2.24) is 0 Å². The molecule has 0 aromatic heterocycles. The summed E-state index contributed by atoms with van der Waals surface area (Å²) in [5, 5.41) is -1.47. The minimum absolute atomic E-state index is 0.0780. The highest BCUT2D eigenvalue weighted by atomic mass is 35.5. The number of halogens is 2. The molecule has 0 aliphatic rings. The van der Waals surface area contributed by atoms with Crippen LogP contribution in [0.3, 0.4) is 0 Å². The van der Waals surface area contributed by atoms with Crippen molar-refractivity contribution in [3.63, 3.8) is 0 Å². The van der Waals surface area contributed by atoms with Crippen molar-refractivity contribution in [1.29, 1.82) is 0 Å². The van der Waals surface area contributed by atoms with Gasteiger partial charge in [-0.05, 0) is 35.3 Å². The molecule has 0 N–H and O–H groups in total. The molecule has 4 nitrogen and oxygen atoms in total. The Hall–Kier alpha value is -1.78. The third-order valence-electron chi connectivity index (χ3n) is 2.22. The van der Waals surface area contributed by atoms with Gasteiger partial charge in [-0.15, -0.1) is 0 Å². The molecular formula is C14H12Cl2O4. The van der Waals surface area contributed by atoms with Gasteiger partial charge in [-0.1, -0.05) is 25.3 Å². The van der Waals surface area contributed by atoms with Gasteiger partial charge in [-0.2, -0.15) is 0 Å². The van der Waals surface area contributed by atoms with Crippen LogP contribution in [-0.4, -0.2) is 23.7 Å². The molecule has 0 atom stereocenters. The van der Waals surface area contributed by atoms with E-state index in [4.69, 9.17) is 32.7 Å². The molecule has 0 aliphatic carbocycles. The minimum Gasteiger partial charge on any atom is -0.489 e. The zero-order valence-corrected chi connectivity index (χ0v) is 12.0. The Balaban J connectivity index is 3.33. The fraction of sp³-hybridized carbons (Fsp3) is 0.143. The number of benzene rings is 1. The maximum atomic E-state index is 11.4. The molecule has 0 spiro atoms. The normalized spacial score (nSPS) is 9.70. The molecule has 0 heterocycles. The van der Waals surface area contributed by atoms with Crippen LogP contribution in [0.15, 0.2) is 37.4 Å². The SMILES string of the molecule is C=CCOc1cc(C(=O)Cl)c(OCC=C)cc1C(=O)Cl. The predicted octanol–water partition coefficient (Wildman–Crippen LogP) is 3.57. The van der Waals surface area contributed by atoms with E-state index in [0.29, 0.717) is 0 Å². The molecule has 0 unspecified atom stereocenters. The number of hydrogen-bond acceptors (Lipinski definition) is 4. The molecule has 6 heteroatoms. The Kier molecular flexibility index (Phi) is 6.28. The first-order chi connectivity index (χ1) is 9.51. The topological polar surface area (TPSA) is 52.6 Å². The van der Waals surface area contributed by atoms with E-state index in [1.165, 1.54) is 24.3 Å². The lowest BCUT2D eigenvalue weighted by molar-refractivity contribution is 0.106. The number of carbonyl (C=O) groups is 2. The van der Waals surface area contributed by atoms with Crippen molar-refractivity contribution in [3.8, 4) is 11.5 Å². The van der Waals surface area contributed by atoms with Gasteiger partial charge in [0.15, 0.2) is 0 Å². The third kappa shape index (κ3) is 4.11. The predicted molar refractivity (Wildman–Crippen MR) is 78.2 cm³/mol. The number of ether oxygens (including phenoxy) is 2. The zero-order chi connectivity index (χ0) is 15.1. The molecule has 1 aromatic carbocycles. The second kappa shape index (κ2) is 7.72. The van der Waals surface area contributed by atoms with Crippen molar-refractivity contribution in [2.24, 2.45) is 0 Å². The summed E-state index contributed by atoms with van der Waals surface area (Å²) in [5.41, 5.74) is 0.156. The van der Waals surface area contributed by atoms with Crippen LogP contribution >= 0.6 is 23.2 Å². The lowest BCUT2D eigenvalue weighted by Gasteiger charge is -2.13. The van der Waals surface area contributed by atoms with Crippen molar-refractivity contribution in [2.45, 2.75) is 0 Å². The van der Waals surface area contributed by atoms with Crippen molar-refractivity contribution in [3.05, 3.63) is 48.6 Å². The van der Waals surface area contributed by atoms with Crippen LogP contribution in [0.5, 0.6) is 11.5 Å². The maximum absolute atomic E-state index is 11.4. The molecule has 0 aliphatic heterocycles. The van der Waals surface area contributed by atoms with Gasteiger partial charge in [0.2, 0.25) is 0 Å². The Morgan fingerprint density at radius 3 is 1.55 bits per heavy atom. The molecule has 0 saturated carbocycles. The molecule has 0 fully saturated rings. The second-order valence-corrected chi connectivity index (χ2v) is 4.28. The summed E-state index contributed by atoms with van der Waals surface area (Å²) in [6, 6.07) is 2.62. The molecule has 106 valence electrons. The number of hydrogen-bond donors (Lipinski definition) is 0. The molecule has 0 radical (unpaired) electrons. The highest BCUT2D eigenvalue weighted by Crippen LogP contribution is 2.31. The fourth-order valence-corrected chi connectivity index (χ4v) is 1.70. The molecule has 0 saturated heterocycles.